The number of pyridine rings is 1. The molecule has 2 amide bonds. The van der Waals surface area contributed by atoms with E-state index in [0.717, 1.165) is 28.4 Å². The van der Waals surface area contributed by atoms with Gasteiger partial charge in [-0.1, -0.05) is 12.1 Å². The average molecular weight is 797 g/mol. The fourth-order valence-corrected chi connectivity index (χ4v) is 6.34. The summed E-state index contributed by atoms with van der Waals surface area (Å²) >= 11 is 0. The zero-order valence-electron chi connectivity index (χ0n) is 31.9. The third-order valence-electron chi connectivity index (χ3n) is 9.17. The predicted octanol–water partition coefficient (Wildman–Crippen LogP) is 7.12. The Labute approximate surface area is 330 Å². The van der Waals surface area contributed by atoms with Crippen molar-refractivity contribution in [1.29, 1.82) is 0 Å². The molecule has 17 heteroatoms. The van der Waals surface area contributed by atoms with Gasteiger partial charge in [-0.25, -0.2) is 27.6 Å². The van der Waals surface area contributed by atoms with Gasteiger partial charge in [-0.3, -0.25) is 9.59 Å². The summed E-state index contributed by atoms with van der Waals surface area (Å²) < 4.78 is 64.3. The molecule has 2 atom stereocenters. The van der Waals surface area contributed by atoms with Gasteiger partial charge >= 0.3 is 6.09 Å². The number of likely N-dealkylation sites (tertiary alicyclic amines) is 1. The third kappa shape index (κ3) is 8.72. The number of nitrogens with one attached hydrogen (secondary N) is 2. The van der Waals surface area contributed by atoms with E-state index in [1.807, 2.05) is 24.3 Å². The van der Waals surface area contributed by atoms with Crippen molar-refractivity contribution in [2.45, 2.75) is 51.6 Å². The van der Waals surface area contributed by atoms with Crippen LogP contribution in [0.4, 0.5) is 29.5 Å². The van der Waals surface area contributed by atoms with Crippen molar-refractivity contribution in [3.8, 4) is 22.9 Å². The van der Waals surface area contributed by atoms with Crippen LogP contribution in [-0.4, -0.2) is 79.5 Å². The number of amides is 2. The van der Waals surface area contributed by atoms with Crippen LogP contribution in [-0.2, 0) is 11.3 Å². The number of rotatable bonds is 10. The van der Waals surface area contributed by atoms with E-state index in [9.17, 15) is 18.8 Å². The van der Waals surface area contributed by atoms with Crippen LogP contribution in [0.2, 0.25) is 0 Å². The smallest absolute Gasteiger partial charge is 0.410 e. The van der Waals surface area contributed by atoms with Crippen molar-refractivity contribution in [1.82, 2.24) is 29.4 Å². The Kier molecular flexibility index (Phi) is 11.0. The van der Waals surface area contributed by atoms with Crippen molar-refractivity contribution in [3.63, 3.8) is 0 Å². The molecule has 1 fully saturated rings. The number of anilines is 2. The number of ether oxygens (including phenoxy) is 3. The maximum absolute atomic E-state index is 15.8. The second-order valence-corrected chi connectivity index (χ2v) is 14.5. The van der Waals surface area contributed by atoms with Crippen LogP contribution in [0, 0.1) is 11.6 Å². The van der Waals surface area contributed by atoms with Gasteiger partial charge in [0.25, 0.3) is 11.5 Å². The van der Waals surface area contributed by atoms with Gasteiger partial charge in [0.1, 0.15) is 40.0 Å². The molecule has 2 N–H and O–H groups in total. The Morgan fingerprint density at radius 1 is 0.948 bits per heavy atom. The minimum absolute atomic E-state index is 0.0284. The van der Waals surface area contributed by atoms with Gasteiger partial charge < -0.3 is 29.7 Å². The minimum atomic E-state index is -1.48. The number of carbonyl (C=O) groups is 2. The van der Waals surface area contributed by atoms with E-state index in [1.165, 1.54) is 53.7 Å². The number of nitrogens with zero attached hydrogens (tertiary/aromatic N) is 6. The zero-order chi connectivity index (χ0) is 41.1. The summed E-state index contributed by atoms with van der Waals surface area (Å²) in [5.41, 5.74) is -0.273. The van der Waals surface area contributed by atoms with Crippen molar-refractivity contribution < 1.29 is 37.0 Å². The number of fused-ring (bicyclic) bond motifs is 1. The van der Waals surface area contributed by atoms with Crippen LogP contribution in [0.5, 0.6) is 17.2 Å². The number of hydrogen-bond acceptors (Lipinski definition) is 10. The number of benzene rings is 3. The Morgan fingerprint density at radius 2 is 1.71 bits per heavy atom. The lowest BCUT2D eigenvalue weighted by Crippen LogP contribution is -2.51. The first-order valence-corrected chi connectivity index (χ1v) is 18.3. The molecule has 58 heavy (non-hydrogen) atoms. The predicted molar refractivity (Wildman–Crippen MR) is 209 cm³/mol. The molecule has 14 nitrogen and oxygen atoms in total. The van der Waals surface area contributed by atoms with Gasteiger partial charge in [0.05, 0.1) is 31.9 Å². The average Bonchev–Trinajstić information content (AvgIpc) is 3.53. The molecule has 0 radical (unpaired) electrons. The number of carbonyl (C=O) groups excluding carboxylic acids is 2. The van der Waals surface area contributed by atoms with E-state index >= 15 is 8.78 Å². The van der Waals surface area contributed by atoms with Gasteiger partial charge in [-0.15, -0.1) is 0 Å². The van der Waals surface area contributed by atoms with E-state index in [1.54, 1.807) is 32.6 Å². The first-order valence-electron chi connectivity index (χ1n) is 18.3. The lowest BCUT2D eigenvalue weighted by Gasteiger charge is -2.36. The van der Waals surface area contributed by atoms with E-state index in [-0.39, 0.29) is 60.3 Å². The molecule has 6 aromatic rings. The molecule has 0 spiro atoms. The molecule has 4 heterocycles. The first kappa shape index (κ1) is 39.3. The highest BCUT2D eigenvalue weighted by Crippen LogP contribution is 2.37. The van der Waals surface area contributed by atoms with E-state index < -0.39 is 47.0 Å². The lowest BCUT2D eigenvalue weighted by atomic mass is 10.0. The maximum atomic E-state index is 15.8. The number of piperidine rings is 1. The Bertz CT molecular complexity index is 2520. The molecule has 2 unspecified atom stereocenters. The van der Waals surface area contributed by atoms with Crippen molar-refractivity contribution in [3.05, 3.63) is 124 Å². The molecule has 7 rings (SSSR count). The molecule has 0 saturated carbocycles. The number of halogens is 3. The first-order chi connectivity index (χ1) is 27.8. The van der Waals surface area contributed by atoms with Gasteiger partial charge in [-0.05, 0) is 87.4 Å². The number of hydrogen-bond donors (Lipinski definition) is 2. The Morgan fingerprint density at radius 3 is 2.40 bits per heavy atom. The van der Waals surface area contributed by atoms with E-state index in [2.05, 4.69) is 20.7 Å². The van der Waals surface area contributed by atoms with Crippen LogP contribution >= 0.6 is 0 Å². The second-order valence-electron chi connectivity index (χ2n) is 14.5. The molecule has 300 valence electrons. The highest BCUT2D eigenvalue weighted by Gasteiger charge is 2.35. The standard InChI is InChI=1S/C41H39F3N8O6/c1-41(2,3)58-40(55)50-20-17-32(31(44)23-50)48-36-35-34(16-18-45-37(35)51(49-36)22-24-5-12-28(56-4)13-6-24)57-33-14-9-26(21-30(33)43)47-38(53)29-15-19-46-52(39(29)54)27-10-7-25(42)8-11-27/h5-16,18-19,21,31-32H,17,20,22-23H2,1-4H3,(H,47,53)(H,48,49). The fraction of sp³-hybridized carbons (Fsp3) is 0.268. The van der Waals surface area contributed by atoms with Crippen LogP contribution < -0.4 is 25.7 Å². The summed E-state index contributed by atoms with van der Waals surface area (Å²) in [5.74, 6) is -1.32. The molecule has 3 aromatic heterocycles. The van der Waals surface area contributed by atoms with Crippen molar-refractivity contribution in [2.75, 3.05) is 30.8 Å². The quantitative estimate of drug-likeness (QED) is 0.147. The summed E-state index contributed by atoms with van der Waals surface area (Å²) in [6.07, 6.45) is 0.881. The summed E-state index contributed by atoms with van der Waals surface area (Å²) in [5, 5.41) is 14.8. The molecule has 0 bridgehead atoms. The van der Waals surface area contributed by atoms with Crippen LogP contribution in [0.15, 0.2) is 96.1 Å². The maximum Gasteiger partial charge on any atom is 0.410 e. The number of methoxy groups -OCH3 is 1. The summed E-state index contributed by atoms with van der Waals surface area (Å²) in [6, 6.07) is 18.1. The van der Waals surface area contributed by atoms with Crippen LogP contribution in [0.25, 0.3) is 16.7 Å². The molecule has 1 saturated heterocycles. The fourth-order valence-electron chi connectivity index (χ4n) is 6.34. The van der Waals surface area contributed by atoms with Gasteiger partial charge in [0.15, 0.2) is 23.0 Å². The molecular weight excluding hydrogens is 757 g/mol. The monoisotopic (exact) mass is 796 g/mol. The highest BCUT2D eigenvalue weighted by molar-refractivity contribution is 6.04. The minimum Gasteiger partial charge on any atom is -0.497 e. The summed E-state index contributed by atoms with van der Waals surface area (Å²) in [7, 11) is 1.57. The largest absolute Gasteiger partial charge is 0.497 e. The van der Waals surface area contributed by atoms with Gasteiger partial charge in [0.2, 0.25) is 0 Å². The van der Waals surface area contributed by atoms with E-state index in [0.29, 0.717) is 16.8 Å². The topological polar surface area (TPSA) is 155 Å². The van der Waals surface area contributed by atoms with Crippen molar-refractivity contribution in [2.24, 2.45) is 0 Å². The third-order valence-corrected chi connectivity index (χ3v) is 9.17. The summed E-state index contributed by atoms with van der Waals surface area (Å²) in [4.78, 5) is 44.8. The molecule has 1 aliphatic rings. The molecule has 1 aliphatic heterocycles. The second kappa shape index (κ2) is 16.3. The van der Waals surface area contributed by atoms with Gasteiger partial charge in [-0.2, -0.15) is 14.9 Å². The molecular formula is C41H39F3N8O6. The van der Waals surface area contributed by atoms with Crippen LogP contribution in [0.3, 0.4) is 0 Å². The van der Waals surface area contributed by atoms with E-state index in [4.69, 9.17) is 19.3 Å². The molecule has 0 aliphatic carbocycles. The normalized spacial score (nSPS) is 15.5. The van der Waals surface area contributed by atoms with Crippen molar-refractivity contribution >= 4 is 34.5 Å². The van der Waals surface area contributed by atoms with Gasteiger partial charge in [0, 0.05) is 36.8 Å². The summed E-state index contributed by atoms with van der Waals surface area (Å²) in [6.45, 7) is 5.53. The highest BCUT2D eigenvalue weighted by atomic mass is 19.1. The number of alkyl halides is 1. The molecule has 3 aromatic carbocycles. The Balaban J connectivity index is 1.14. The zero-order valence-corrected chi connectivity index (χ0v) is 31.9. The SMILES string of the molecule is COc1ccc(Cn2nc(NC3CCN(C(=O)OC(C)(C)C)CC3F)c3c(Oc4ccc(NC(=O)c5ccnn(-c6ccc(F)cc6)c5=O)cc4F)ccnc32)cc1. The Hall–Kier alpha value is -6.91. The lowest BCUT2D eigenvalue weighted by molar-refractivity contribution is 0.0125. The number of aromatic nitrogens is 5. The van der Waals surface area contributed by atoms with Crippen LogP contribution in [0.1, 0.15) is 43.1 Å².